The Morgan fingerprint density at radius 3 is 2.56 bits per heavy atom. The minimum atomic E-state index is -0.865. The van der Waals surface area contributed by atoms with E-state index < -0.39 is 17.5 Å². The van der Waals surface area contributed by atoms with E-state index in [0.29, 0.717) is 6.07 Å². The molecule has 8 heteroatoms. The second-order valence-electron chi connectivity index (χ2n) is 3.28. The molecule has 0 amide bonds. The van der Waals surface area contributed by atoms with Crippen molar-refractivity contribution in [2.45, 2.75) is 0 Å². The Morgan fingerprint density at radius 2 is 1.89 bits per heavy atom. The first-order chi connectivity index (χ1) is 8.60. The highest BCUT2D eigenvalue weighted by molar-refractivity contribution is 5.58. The Kier molecular flexibility index (Phi) is 3.28. The normalized spacial score (nSPS) is 10.2. The topological polar surface area (TPSA) is 75.9 Å². The maximum atomic E-state index is 13.3. The van der Waals surface area contributed by atoms with E-state index in [1.807, 2.05) is 0 Å². The van der Waals surface area contributed by atoms with Gasteiger partial charge in [0.1, 0.15) is 11.6 Å². The third kappa shape index (κ3) is 2.48. The van der Waals surface area contributed by atoms with Gasteiger partial charge < -0.3 is 5.32 Å². The first-order valence-corrected chi connectivity index (χ1v) is 4.81. The van der Waals surface area contributed by atoms with E-state index in [1.54, 1.807) is 0 Å². The molecule has 0 aliphatic heterocycles. The zero-order valence-electron chi connectivity index (χ0n) is 8.92. The maximum Gasteiger partial charge on any atom is 0.239 e. The van der Waals surface area contributed by atoms with Crippen LogP contribution in [-0.4, -0.2) is 9.97 Å². The SMILES string of the molecule is NNc1ncc(F)c(Nc2ccc(F)cc2F)n1. The average molecular weight is 255 g/mol. The number of hydrogen-bond donors (Lipinski definition) is 3. The number of nitrogens with zero attached hydrogens (tertiary/aromatic N) is 2. The Morgan fingerprint density at radius 1 is 1.11 bits per heavy atom. The first-order valence-electron chi connectivity index (χ1n) is 4.81. The number of aromatic nitrogens is 2. The molecule has 2 rings (SSSR count). The molecule has 0 atom stereocenters. The first kappa shape index (κ1) is 12.1. The van der Waals surface area contributed by atoms with Crippen LogP contribution in [0.25, 0.3) is 0 Å². The summed E-state index contributed by atoms with van der Waals surface area (Å²) in [5, 5.41) is 2.38. The van der Waals surface area contributed by atoms with E-state index in [0.717, 1.165) is 18.3 Å². The summed E-state index contributed by atoms with van der Waals surface area (Å²) in [5.41, 5.74) is 2.01. The fourth-order valence-electron chi connectivity index (χ4n) is 1.24. The standard InChI is InChI=1S/C10H8F3N5/c11-5-1-2-8(6(12)3-5)16-9-7(13)4-15-10(17-9)18-14/h1-4H,14H2,(H2,15,16,17,18). The van der Waals surface area contributed by atoms with Crippen LogP contribution in [0.3, 0.4) is 0 Å². The molecule has 0 radical (unpaired) electrons. The number of nitrogen functional groups attached to an aromatic ring is 1. The van der Waals surface area contributed by atoms with Crippen LogP contribution in [0.2, 0.25) is 0 Å². The van der Waals surface area contributed by atoms with Crippen molar-refractivity contribution in [2.24, 2.45) is 5.84 Å². The van der Waals surface area contributed by atoms with E-state index in [9.17, 15) is 13.2 Å². The molecule has 2 aromatic rings. The van der Waals surface area contributed by atoms with Crippen molar-refractivity contribution in [1.82, 2.24) is 9.97 Å². The number of nitrogens with two attached hydrogens (primary N) is 1. The van der Waals surface area contributed by atoms with Gasteiger partial charge in [0.2, 0.25) is 5.95 Å². The third-order valence-corrected chi connectivity index (χ3v) is 2.06. The van der Waals surface area contributed by atoms with Gasteiger partial charge in [-0.05, 0) is 12.1 Å². The van der Waals surface area contributed by atoms with Gasteiger partial charge in [0.15, 0.2) is 11.6 Å². The van der Waals surface area contributed by atoms with E-state index in [2.05, 4.69) is 20.7 Å². The lowest BCUT2D eigenvalue weighted by molar-refractivity contribution is 0.585. The van der Waals surface area contributed by atoms with Crippen molar-refractivity contribution in [3.8, 4) is 0 Å². The van der Waals surface area contributed by atoms with Gasteiger partial charge in [0.05, 0.1) is 11.9 Å². The predicted molar refractivity (Wildman–Crippen MR) is 59.4 cm³/mol. The Hall–Kier alpha value is -2.35. The smallest absolute Gasteiger partial charge is 0.239 e. The van der Waals surface area contributed by atoms with E-state index in [1.165, 1.54) is 0 Å². The van der Waals surface area contributed by atoms with Gasteiger partial charge in [-0.15, -0.1) is 0 Å². The fraction of sp³-hybridized carbons (Fsp3) is 0. The van der Waals surface area contributed by atoms with Crippen LogP contribution in [0.15, 0.2) is 24.4 Å². The van der Waals surface area contributed by atoms with Crippen LogP contribution in [0.4, 0.5) is 30.6 Å². The molecule has 0 bridgehead atoms. The van der Waals surface area contributed by atoms with Crippen LogP contribution in [0.5, 0.6) is 0 Å². The van der Waals surface area contributed by atoms with Gasteiger partial charge in [-0.3, -0.25) is 5.43 Å². The zero-order chi connectivity index (χ0) is 13.1. The van der Waals surface area contributed by atoms with Crippen molar-refractivity contribution in [1.29, 1.82) is 0 Å². The minimum Gasteiger partial charge on any atom is -0.335 e. The molecule has 1 aromatic carbocycles. The third-order valence-electron chi connectivity index (χ3n) is 2.06. The molecule has 0 spiro atoms. The summed E-state index contributed by atoms with van der Waals surface area (Å²) in [5.74, 6) is 2.36. The summed E-state index contributed by atoms with van der Waals surface area (Å²) >= 11 is 0. The molecule has 0 aliphatic carbocycles. The van der Waals surface area contributed by atoms with Gasteiger partial charge in [-0.1, -0.05) is 0 Å². The molecule has 0 saturated carbocycles. The maximum absolute atomic E-state index is 13.3. The van der Waals surface area contributed by atoms with Gasteiger partial charge in [-0.25, -0.2) is 24.0 Å². The van der Waals surface area contributed by atoms with Gasteiger partial charge in [-0.2, -0.15) is 4.98 Å². The summed E-state index contributed by atoms with van der Waals surface area (Å²) in [6, 6.07) is 2.83. The van der Waals surface area contributed by atoms with Gasteiger partial charge in [0.25, 0.3) is 0 Å². The van der Waals surface area contributed by atoms with Crippen molar-refractivity contribution in [3.63, 3.8) is 0 Å². The van der Waals surface area contributed by atoms with Crippen LogP contribution >= 0.6 is 0 Å². The molecule has 5 nitrogen and oxygen atoms in total. The van der Waals surface area contributed by atoms with Crippen molar-refractivity contribution in [3.05, 3.63) is 41.8 Å². The number of hydrazine groups is 1. The molecule has 1 heterocycles. The molecule has 0 saturated heterocycles. The Bertz CT molecular complexity index is 575. The van der Waals surface area contributed by atoms with E-state index >= 15 is 0 Å². The summed E-state index contributed by atoms with van der Waals surface area (Å²) in [6.45, 7) is 0. The van der Waals surface area contributed by atoms with E-state index in [4.69, 9.17) is 5.84 Å². The number of benzene rings is 1. The Labute approximate surface area is 99.8 Å². The summed E-state index contributed by atoms with van der Waals surface area (Å²) < 4.78 is 39.4. The average Bonchev–Trinajstić information content (AvgIpc) is 2.35. The summed E-state index contributed by atoms with van der Waals surface area (Å²) in [4.78, 5) is 7.18. The summed E-state index contributed by atoms with van der Waals surface area (Å²) in [7, 11) is 0. The molecule has 4 N–H and O–H groups in total. The van der Waals surface area contributed by atoms with Crippen LogP contribution in [0.1, 0.15) is 0 Å². The quantitative estimate of drug-likeness (QED) is 0.577. The van der Waals surface area contributed by atoms with Crippen molar-refractivity contribution >= 4 is 17.5 Å². The molecule has 0 fully saturated rings. The lowest BCUT2D eigenvalue weighted by atomic mass is 10.3. The van der Waals surface area contributed by atoms with Crippen LogP contribution in [-0.2, 0) is 0 Å². The zero-order valence-corrected chi connectivity index (χ0v) is 8.92. The highest BCUT2D eigenvalue weighted by Gasteiger charge is 2.10. The molecule has 18 heavy (non-hydrogen) atoms. The van der Waals surface area contributed by atoms with Gasteiger partial charge >= 0.3 is 0 Å². The predicted octanol–water partition coefficient (Wildman–Crippen LogP) is 1.92. The van der Waals surface area contributed by atoms with Crippen molar-refractivity contribution in [2.75, 3.05) is 10.7 Å². The number of nitrogens with one attached hydrogen (secondary N) is 2. The van der Waals surface area contributed by atoms with E-state index in [-0.39, 0.29) is 17.5 Å². The van der Waals surface area contributed by atoms with Crippen molar-refractivity contribution < 1.29 is 13.2 Å². The highest BCUT2D eigenvalue weighted by atomic mass is 19.1. The molecule has 1 aromatic heterocycles. The minimum absolute atomic E-state index is 0.0404. The molecular weight excluding hydrogens is 247 g/mol. The largest absolute Gasteiger partial charge is 0.335 e. The van der Waals surface area contributed by atoms with Gasteiger partial charge in [0, 0.05) is 6.07 Å². The Balaban J connectivity index is 2.33. The molecule has 0 aliphatic rings. The second-order valence-corrected chi connectivity index (χ2v) is 3.28. The lowest BCUT2D eigenvalue weighted by Crippen LogP contribution is -2.12. The second kappa shape index (κ2) is 4.88. The lowest BCUT2D eigenvalue weighted by Gasteiger charge is -2.08. The number of halogens is 3. The van der Waals surface area contributed by atoms with Crippen LogP contribution < -0.4 is 16.6 Å². The number of anilines is 3. The highest BCUT2D eigenvalue weighted by Crippen LogP contribution is 2.21. The molecule has 94 valence electrons. The summed E-state index contributed by atoms with van der Waals surface area (Å²) in [6.07, 6.45) is 0.867. The van der Waals surface area contributed by atoms with Crippen LogP contribution in [0, 0.1) is 17.5 Å². The molecular formula is C10H8F3N5. The molecule has 0 unspecified atom stereocenters. The fourth-order valence-corrected chi connectivity index (χ4v) is 1.24. The monoisotopic (exact) mass is 255 g/mol. The number of hydrogen-bond acceptors (Lipinski definition) is 5. The number of rotatable bonds is 3.